The topological polar surface area (TPSA) is 61.8 Å². The van der Waals surface area contributed by atoms with Crippen molar-refractivity contribution in [2.24, 2.45) is 0 Å². The van der Waals surface area contributed by atoms with Gasteiger partial charge in [-0.25, -0.2) is 8.49 Å². The molecular weight excluding hydrogens is 158 g/mol. The largest absolute Gasteiger partial charge is 0.748 e. The SMILES string of the molecule is COCCN(C)OS(=O)[O-]. The van der Waals surface area contributed by atoms with Crippen molar-refractivity contribution in [2.45, 2.75) is 0 Å². The van der Waals surface area contributed by atoms with Crippen LogP contribution >= 0.6 is 0 Å². The minimum atomic E-state index is -2.48. The van der Waals surface area contributed by atoms with Crippen molar-refractivity contribution in [3.63, 3.8) is 0 Å². The molecule has 0 bridgehead atoms. The van der Waals surface area contributed by atoms with Crippen molar-refractivity contribution >= 4 is 11.4 Å². The summed E-state index contributed by atoms with van der Waals surface area (Å²) < 4.78 is 28.6. The molecule has 0 aromatic carbocycles. The molecule has 0 spiro atoms. The van der Waals surface area contributed by atoms with Crippen molar-refractivity contribution in [1.29, 1.82) is 0 Å². The summed E-state index contributed by atoms with van der Waals surface area (Å²) in [7, 11) is 3.04. The lowest BCUT2D eigenvalue weighted by Gasteiger charge is -2.15. The number of ether oxygens (including phenoxy) is 1. The van der Waals surface area contributed by atoms with E-state index in [-0.39, 0.29) is 0 Å². The minimum Gasteiger partial charge on any atom is -0.748 e. The van der Waals surface area contributed by atoms with Gasteiger partial charge in [-0.05, 0) is 0 Å². The molecule has 0 aromatic rings. The van der Waals surface area contributed by atoms with Crippen LogP contribution in [0.2, 0.25) is 0 Å². The van der Waals surface area contributed by atoms with Gasteiger partial charge in [0.15, 0.2) is 0 Å². The molecule has 0 aliphatic heterocycles. The zero-order chi connectivity index (χ0) is 7.98. The summed E-state index contributed by atoms with van der Waals surface area (Å²) in [5.41, 5.74) is 0. The van der Waals surface area contributed by atoms with Crippen molar-refractivity contribution in [3.05, 3.63) is 0 Å². The molecule has 62 valence electrons. The van der Waals surface area contributed by atoms with Gasteiger partial charge in [-0.3, -0.25) is 0 Å². The zero-order valence-corrected chi connectivity index (χ0v) is 6.72. The fourth-order valence-electron chi connectivity index (χ4n) is 0.361. The van der Waals surface area contributed by atoms with Crippen LogP contribution in [0.25, 0.3) is 0 Å². The van der Waals surface area contributed by atoms with E-state index in [0.29, 0.717) is 13.2 Å². The molecule has 0 aliphatic carbocycles. The molecule has 1 unspecified atom stereocenters. The Balaban J connectivity index is 3.25. The maximum atomic E-state index is 9.87. The molecule has 0 amide bonds. The number of hydrogen-bond acceptors (Lipinski definition) is 5. The van der Waals surface area contributed by atoms with Crippen LogP contribution in [0.15, 0.2) is 0 Å². The summed E-state index contributed by atoms with van der Waals surface area (Å²) in [5, 5.41) is 1.17. The number of rotatable bonds is 5. The quantitative estimate of drug-likeness (QED) is 0.401. The minimum absolute atomic E-state index is 0.421. The van der Waals surface area contributed by atoms with E-state index in [1.807, 2.05) is 0 Å². The van der Waals surface area contributed by atoms with Crippen molar-refractivity contribution < 1.29 is 17.8 Å². The Morgan fingerprint density at radius 1 is 1.70 bits per heavy atom. The molecule has 1 atom stereocenters. The Morgan fingerprint density at radius 3 is 2.70 bits per heavy atom. The third-order valence-electron chi connectivity index (χ3n) is 0.798. The second-order valence-electron chi connectivity index (χ2n) is 1.62. The molecule has 0 saturated carbocycles. The maximum Gasteiger partial charge on any atom is 0.106 e. The zero-order valence-electron chi connectivity index (χ0n) is 5.90. The Hall–Kier alpha value is -0.0100. The Morgan fingerprint density at radius 2 is 2.30 bits per heavy atom. The van der Waals surface area contributed by atoms with Gasteiger partial charge in [0.25, 0.3) is 0 Å². The van der Waals surface area contributed by atoms with Crippen LogP contribution in [0, 0.1) is 0 Å². The summed E-state index contributed by atoms with van der Waals surface area (Å²) in [6.07, 6.45) is 0. The number of hydrogen-bond donors (Lipinski definition) is 0. The van der Waals surface area contributed by atoms with E-state index in [1.54, 1.807) is 0 Å². The molecule has 0 aromatic heterocycles. The van der Waals surface area contributed by atoms with E-state index in [1.165, 1.54) is 19.2 Å². The first kappa shape index (κ1) is 9.99. The number of methoxy groups -OCH3 is 1. The second-order valence-corrected chi connectivity index (χ2v) is 2.18. The average molecular weight is 168 g/mol. The summed E-state index contributed by atoms with van der Waals surface area (Å²) in [6.45, 7) is 0.859. The van der Waals surface area contributed by atoms with Crippen molar-refractivity contribution in [1.82, 2.24) is 5.06 Å². The number of likely N-dealkylation sites (N-methyl/N-ethyl adjacent to an activating group) is 1. The smallest absolute Gasteiger partial charge is 0.106 e. The van der Waals surface area contributed by atoms with E-state index in [2.05, 4.69) is 9.02 Å². The molecule has 10 heavy (non-hydrogen) atoms. The molecule has 0 saturated heterocycles. The summed E-state index contributed by atoms with van der Waals surface area (Å²) in [6, 6.07) is 0. The Kier molecular flexibility index (Phi) is 5.74. The first-order valence-corrected chi connectivity index (χ1v) is 3.64. The van der Waals surface area contributed by atoms with Gasteiger partial charge < -0.3 is 9.29 Å². The first-order valence-electron chi connectivity index (χ1n) is 2.64. The maximum absolute atomic E-state index is 9.87. The van der Waals surface area contributed by atoms with Crippen molar-refractivity contribution in [2.75, 3.05) is 27.3 Å². The third-order valence-corrected chi connectivity index (χ3v) is 1.17. The summed E-state index contributed by atoms with van der Waals surface area (Å²) >= 11 is -2.48. The van der Waals surface area contributed by atoms with Crippen LogP contribution in [-0.2, 0) is 20.4 Å². The second kappa shape index (κ2) is 5.75. The molecule has 0 fully saturated rings. The molecule has 0 N–H and O–H groups in total. The van der Waals surface area contributed by atoms with E-state index in [0.717, 1.165) is 0 Å². The van der Waals surface area contributed by atoms with E-state index in [4.69, 9.17) is 0 Å². The van der Waals surface area contributed by atoms with E-state index < -0.39 is 11.4 Å². The highest BCUT2D eigenvalue weighted by Gasteiger charge is 1.95. The first-order chi connectivity index (χ1) is 4.66. The van der Waals surface area contributed by atoms with Gasteiger partial charge in [-0.15, -0.1) is 0 Å². The van der Waals surface area contributed by atoms with Gasteiger partial charge in [-0.2, -0.15) is 5.06 Å². The fourth-order valence-corrected chi connectivity index (χ4v) is 0.643. The molecule has 5 nitrogen and oxygen atoms in total. The predicted octanol–water partition coefficient (Wildman–Crippen LogP) is -0.710. The van der Waals surface area contributed by atoms with Gasteiger partial charge >= 0.3 is 0 Å². The van der Waals surface area contributed by atoms with E-state index in [9.17, 15) is 8.76 Å². The van der Waals surface area contributed by atoms with Crippen LogP contribution in [0.4, 0.5) is 0 Å². The average Bonchev–Trinajstić information content (AvgIpc) is 1.82. The predicted molar refractivity (Wildman–Crippen MR) is 34.5 cm³/mol. The third kappa shape index (κ3) is 6.12. The molecule has 0 heterocycles. The highest BCUT2D eigenvalue weighted by Crippen LogP contribution is 1.86. The standard InChI is InChI=1S/C4H11NO4S/c1-5(3-4-8-2)9-10(6)7/h3-4H2,1-2H3,(H,6,7)/p-1. The lowest BCUT2D eigenvalue weighted by atomic mass is 10.7. The van der Waals surface area contributed by atoms with Crippen molar-refractivity contribution in [3.8, 4) is 0 Å². The number of nitrogens with zero attached hydrogens (tertiary/aromatic N) is 1. The molecule has 0 rings (SSSR count). The van der Waals surface area contributed by atoms with Gasteiger partial charge in [0.2, 0.25) is 0 Å². The Bertz CT molecular complexity index is 109. The van der Waals surface area contributed by atoms with Crippen LogP contribution in [0.5, 0.6) is 0 Å². The van der Waals surface area contributed by atoms with Gasteiger partial charge in [-0.1, -0.05) is 0 Å². The molecular formula is C4H10NO4S-. The lowest BCUT2D eigenvalue weighted by Crippen LogP contribution is -2.24. The fraction of sp³-hybridized carbons (Fsp3) is 1.00. The Labute approximate surface area is 62.4 Å². The van der Waals surface area contributed by atoms with E-state index >= 15 is 0 Å². The molecule has 0 radical (unpaired) electrons. The summed E-state index contributed by atoms with van der Waals surface area (Å²) in [4.78, 5) is 0. The monoisotopic (exact) mass is 168 g/mol. The van der Waals surface area contributed by atoms with Crippen LogP contribution in [-0.4, -0.2) is 41.1 Å². The van der Waals surface area contributed by atoms with Crippen LogP contribution in [0.1, 0.15) is 0 Å². The number of hydroxylamine groups is 2. The lowest BCUT2D eigenvalue weighted by molar-refractivity contribution is -0.0417. The summed E-state index contributed by atoms with van der Waals surface area (Å²) in [5.74, 6) is 0. The normalized spacial score (nSPS) is 14.0. The molecule has 6 heteroatoms. The molecule has 0 aliphatic rings. The van der Waals surface area contributed by atoms with Crippen LogP contribution in [0.3, 0.4) is 0 Å². The van der Waals surface area contributed by atoms with Crippen LogP contribution < -0.4 is 0 Å². The highest BCUT2D eigenvalue weighted by molar-refractivity contribution is 7.74. The van der Waals surface area contributed by atoms with Gasteiger partial charge in [0.1, 0.15) is 11.4 Å². The van der Waals surface area contributed by atoms with Gasteiger partial charge in [0.05, 0.1) is 6.61 Å². The highest BCUT2D eigenvalue weighted by atomic mass is 32.2. The van der Waals surface area contributed by atoms with Gasteiger partial charge in [0, 0.05) is 20.7 Å².